The van der Waals surface area contributed by atoms with Crippen molar-refractivity contribution in [1.82, 2.24) is 0 Å². The van der Waals surface area contributed by atoms with Gasteiger partial charge in [0.15, 0.2) is 0 Å². The molecule has 76 valence electrons. The summed E-state index contributed by atoms with van der Waals surface area (Å²) < 4.78 is 0. The van der Waals surface area contributed by atoms with E-state index >= 15 is 0 Å². The predicted octanol–water partition coefficient (Wildman–Crippen LogP) is 2.77. The second-order valence-corrected chi connectivity index (χ2v) is 2.82. The Labute approximate surface area is 90.9 Å². The molecule has 0 unspecified atom stereocenters. The maximum atomic E-state index is 5.23. The van der Waals surface area contributed by atoms with Gasteiger partial charge in [0.05, 0.1) is 12.0 Å². The van der Waals surface area contributed by atoms with E-state index in [4.69, 9.17) is 18.0 Å². The van der Waals surface area contributed by atoms with Gasteiger partial charge < -0.3 is 5.73 Å². The van der Waals surface area contributed by atoms with Gasteiger partial charge in [-0.05, 0) is 25.8 Å². The summed E-state index contributed by atoms with van der Waals surface area (Å²) in [4.78, 5) is 4.00. The van der Waals surface area contributed by atoms with Crippen molar-refractivity contribution < 1.29 is 0 Å². The van der Waals surface area contributed by atoms with Crippen molar-refractivity contribution in [2.45, 2.75) is 20.3 Å². The summed E-state index contributed by atoms with van der Waals surface area (Å²) in [6.45, 7) is 3.94. The van der Waals surface area contributed by atoms with Crippen LogP contribution >= 0.6 is 12.2 Å². The highest BCUT2D eigenvalue weighted by Crippen LogP contribution is 2.11. The van der Waals surface area contributed by atoms with E-state index in [1.165, 1.54) is 6.34 Å². The monoisotopic (exact) mass is 208 g/mol. The SMILES string of the molecule is CC=CC/C(C=CC)=C(/C=S)N=CN. The van der Waals surface area contributed by atoms with E-state index < -0.39 is 0 Å². The summed E-state index contributed by atoms with van der Waals surface area (Å²) >= 11 is 4.87. The lowest BCUT2D eigenvalue weighted by atomic mass is 10.1. The summed E-state index contributed by atoms with van der Waals surface area (Å²) in [5, 5.41) is 1.54. The Balaban J connectivity index is 4.96. The average molecular weight is 208 g/mol. The molecule has 2 N–H and O–H groups in total. The van der Waals surface area contributed by atoms with E-state index in [0.717, 1.165) is 17.7 Å². The summed E-state index contributed by atoms with van der Waals surface area (Å²) in [5.41, 5.74) is 7.05. The molecule has 0 radical (unpaired) electrons. The molecule has 0 aliphatic carbocycles. The fourth-order valence-corrected chi connectivity index (χ4v) is 1.19. The topological polar surface area (TPSA) is 38.4 Å². The molecular formula is C11H16N2S. The highest BCUT2D eigenvalue weighted by atomic mass is 32.1. The van der Waals surface area contributed by atoms with Crippen LogP contribution in [0.15, 0.2) is 40.6 Å². The smallest absolute Gasteiger partial charge is 0.0860 e. The molecule has 0 amide bonds. The Bertz CT molecular complexity index is 286. The molecule has 0 atom stereocenters. The number of hydrogen-bond acceptors (Lipinski definition) is 2. The number of aliphatic imine (C=N–C) groups is 1. The fourth-order valence-electron chi connectivity index (χ4n) is 0.973. The Morgan fingerprint density at radius 1 is 1.36 bits per heavy atom. The molecule has 0 rings (SSSR count). The fraction of sp³-hybridized carbons (Fsp3) is 0.273. The minimum absolute atomic E-state index is 0.749. The van der Waals surface area contributed by atoms with Gasteiger partial charge in [0, 0.05) is 5.37 Å². The highest BCUT2D eigenvalue weighted by Gasteiger charge is 1.97. The molecule has 0 aliphatic rings. The van der Waals surface area contributed by atoms with Crippen LogP contribution in [-0.2, 0) is 0 Å². The number of rotatable bonds is 5. The maximum Gasteiger partial charge on any atom is 0.0860 e. The molecule has 0 saturated carbocycles. The van der Waals surface area contributed by atoms with Gasteiger partial charge in [-0.2, -0.15) is 0 Å². The van der Waals surface area contributed by atoms with Crippen LogP contribution < -0.4 is 5.73 Å². The van der Waals surface area contributed by atoms with Gasteiger partial charge in [0.25, 0.3) is 0 Å². The van der Waals surface area contributed by atoms with Crippen LogP contribution in [0, 0.1) is 0 Å². The van der Waals surface area contributed by atoms with Crippen molar-refractivity contribution >= 4 is 23.9 Å². The van der Waals surface area contributed by atoms with Crippen molar-refractivity contribution in [3.05, 3.63) is 35.6 Å². The van der Waals surface area contributed by atoms with Crippen molar-refractivity contribution in [3.63, 3.8) is 0 Å². The van der Waals surface area contributed by atoms with E-state index in [1.54, 1.807) is 5.37 Å². The molecule has 0 bridgehead atoms. The van der Waals surface area contributed by atoms with Gasteiger partial charge in [0.1, 0.15) is 0 Å². The van der Waals surface area contributed by atoms with Crippen LogP contribution in [0.3, 0.4) is 0 Å². The molecule has 0 spiro atoms. The van der Waals surface area contributed by atoms with Crippen molar-refractivity contribution in [3.8, 4) is 0 Å². The van der Waals surface area contributed by atoms with Crippen LogP contribution in [0.4, 0.5) is 0 Å². The van der Waals surface area contributed by atoms with Crippen LogP contribution in [0.2, 0.25) is 0 Å². The van der Waals surface area contributed by atoms with E-state index in [2.05, 4.69) is 11.1 Å². The number of nitrogens with two attached hydrogens (primary N) is 1. The molecule has 0 heterocycles. The Kier molecular flexibility index (Phi) is 7.65. The van der Waals surface area contributed by atoms with Crippen molar-refractivity contribution in [2.75, 3.05) is 0 Å². The minimum Gasteiger partial charge on any atom is -0.390 e. The van der Waals surface area contributed by atoms with Gasteiger partial charge in [-0.15, -0.1) is 0 Å². The molecule has 0 aliphatic heterocycles. The molecular weight excluding hydrogens is 192 g/mol. The molecule has 2 nitrogen and oxygen atoms in total. The molecule has 0 saturated heterocycles. The summed E-state index contributed by atoms with van der Waals surface area (Å²) in [5.74, 6) is 0. The first-order valence-electron chi connectivity index (χ1n) is 4.46. The van der Waals surface area contributed by atoms with E-state index in [-0.39, 0.29) is 0 Å². The average Bonchev–Trinajstić information content (AvgIpc) is 2.21. The second kappa shape index (κ2) is 8.38. The Morgan fingerprint density at radius 3 is 2.50 bits per heavy atom. The third-order valence-electron chi connectivity index (χ3n) is 1.60. The van der Waals surface area contributed by atoms with Gasteiger partial charge in [0.2, 0.25) is 0 Å². The number of allylic oxidation sites excluding steroid dienone is 6. The largest absolute Gasteiger partial charge is 0.390 e. The summed E-state index contributed by atoms with van der Waals surface area (Å²) in [6, 6.07) is 0. The summed E-state index contributed by atoms with van der Waals surface area (Å²) in [7, 11) is 0. The van der Waals surface area contributed by atoms with Gasteiger partial charge in [-0.3, -0.25) is 0 Å². The normalized spacial score (nSPS) is 14.1. The third-order valence-corrected chi connectivity index (χ3v) is 1.82. The Morgan fingerprint density at radius 2 is 2.07 bits per heavy atom. The first kappa shape index (κ1) is 12.8. The van der Waals surface area contributed by atoms with Gasteiger partial charge >= 0.3 is 0 Å². The third kappa shape index (κ3) is 4.72. The van der Waals surface area contributed by atoms with Crippen molar-refractivity contribution in [2.24, 2.45) is 10.7 Å². The predicted molar refractivity (Wildman–Crippen MR) is 67.6 cm³/mol. The quantitative estimate of drug-likeness (QED) is 0.188. The first-order valence-corrected chi connectivity index (χ1v) is 4.93. The van der Waals surface area contributed by atoms with Gasteiger partial charge in [-0.1, -0.05) is 36.5 Å². The first-order chi connectivity index (χ1) is 6.79. The highest BCUT2D eigenvalue weighted by molar-refractivity contribution is 7.79. The van der Waals surface area contributed by atoms with Crippen LogP contribution in [-0.4, -0.2) is 11.7 Å². The standard InChI is InChI=1S/C11H16N2S/c1-3-5-7-10(6-4-2)11(8-14)13-9-12/h3-6,8-9H,7H2,1-2H3,(H2,12,13)/b5-3?,6-4?,11-10-. The van der Waals surface area contributed by atoms with Crippen LogP contribution in [0.25, 0.3) is 0 Å². The lowest BCUT2D eigenvalue weighted by Gasteiger charge is -2.00. The molecule has 0 aromatic rings. The second-order valence-electron chi connectivity index (χ2n) is 2.58. The lowest BCUT2D eigenvalue weighted by molar-refractivity contribution is 1.22. The minimum atomic E-state index is 0.749. The molecule has 0 aromatic heterocycles. The number of nitrogens with zero attached hydrogens (tertiary/aromatic N) is 1. The molecule has 3 heteroatoms. The zero-order chi connectivity index (χ0) is 10.8. The molecule has 0 fully saturated rings. The number of hydrogen-bond donors (Lipinski definition) is 1. The summed E-state index contributed by atoms with van der Waals surface area (Å²) in [6.07, 6.45) is 10.1. The van der Waals surface area contributed by atoms with Crippen LogP contribution in [0.5, 0.6) is 0 Å². The van der Waals surface area contributed by atoms with E-state index in [9.17, 15) is 0 Å². The van der Waals surface area contributed by atoms with E-state index in [0.29, 0.717) is 0 Å². The molecule has 0 aromatic carbocycles. The van der Waals surface area contributed by atoms with E-state index in [1.807, 2.05) is 32.1 Å². The zero-order valence-electron chi connectivity index (χ0n) is 8.60. The Hall–Kier alpha value is -1.22. The van der Waals surface area contributed by atoms with Gasteiger partial charge in [-0.25, -0.2) is 4.99 Å². The lowest BCUT2D eigenvalue weighted by Crippen LogP contribution is -1.93. The maximum absolute atomic E-state index is 5.23. The van der Waals surface area contributed by atoms with Crippen molar-refractivity contribution in [1.29, 1.82) is 0 Å². The number of thiocarbonyl (C=S) groups is 1. The van der Waals surface area contributed by atoms with Crippen LogP contribution in [0.1, 0.15) is 20.3 Å². The zero-order valence-corrected chi connectivity index (χ0v) is 9.42. The molecule has 14 heavy (non-hydrogen) atoms.